The molecule has 0 aromatic rings. The summed E-state index contributed by atoms with van der Waals surface area (Å²) in [5.74, 6) is 0.104. The Balaban J connectivity index is 2.44. The number of nitrogens with zero attached hydrogens (tertiary/aromatic N) is 1. The molecular weight excluding hydrogens is 180 g/mol. The molecule has 0 aromatic carbocycles. The van der Waals surface area contributed by atoms with Crippen LogP contribution in [0.15, 0.2) is 0 Å². The topological polar surface area (TPSA) is 41.6 Å². The van der Waals surface area contributed by atoms with E-state index in [-0.39, 0.29) is 18.6 Å². The highest BCUT2D eigenvalue weighted by Gasteiger charge is 2.27. The van der Waals surface area contributed by atoms with Gasteiger partial charge in [-0.15, -0.1) is 0 Å². The predicted octanol–water partition coefficient (Wildman–Crippen LogP) is 0.232. The fourth-order valence-corrected chi connectivity index (χ4v) is 1.68. The second-order valence-electron chi connectivity index (χ2n) is 3.71. The molecule has 1 fully saturated rings. The van der Waals surface area contributed by atoms with Gasteiger partial charge in [-0.3, -0.25) is 4.79 Å². The minimum atomic E-state index is 0.104. The van der Waals surface area contributed by atoms with Gasteiger partial charge in [0.05, 0.1) is 0 Å². The molecule has 1 amide bonds. The van der Waals surface area contributed by atoms with E-state index >= 15 is 0 Å². The van der Waals surface area contributed by atoms with E-state index < -0.39 is 0 Å². The maximum absolute atomic E-state index is 11.7. The SMILES string of the molecule is CCOCC(=O)N1CCNC(C)C1C. The number of carbonyl (C=O) groups excluding carboxylic acids is 1. The molecular formula is C10H20N2O2. The maximum Gasteiger partial charge on any atom is 0.248 e. The molecule has 4 heteroatoms. The quantitative estimate of drug-likeness (QED) is 0.709. The van der Waals surface area contributed by atoms with Gasteiger partial charge < -0.3 is 15.0 Å². The van der Waals surface area contributed by atoms with Crippen molar-refractivity contribution >= 4 is 5.91 Å². The van der Waals surface area contributed by atoms with Crippen LogP contribution in [0.1, 0.15) is 20.8 Å². The number of nitrogens with one attached hydrogen (secondary N) is 1. The van der Waals surface area contributed by atoms with Crippen LogP contribution in [0.5, 0.6) is 0 Å². The average Bonchev–Trinajstić information content (AvgIpc) is 2.18. The van der Waals surface area contributed by atoms with Gasteiger partial charge in [0, 0.05) is 31.8 Å². The summed E-state index contributed by atoms with van der Waals surface area (Å²) < 4.78 is 5.12. The van der Waals surface area contributed by atoms with Gasteiger partial charge in [-0.05, 0) is 20.8 Å². The highest BCUT2D eigenvalue weighted by molar-refractivity contribution is 5.78. The first kappa shape index (κ1) is 11.5. The standard InChI is InChI=1S/C10H20N2O2/c1-4-14-7-10(13)12-6-5-11-8(2)9(12)3/h8-9,11H,4-7H2,1-3H3. The fourth-order valence-electron chi connectivity index (χ4n) is 1.68. The predicted molar refractivity (Wildman–Crippen MR) is 55.1 cm³/mol. The summed E-state index contributed by atoms with van der Waals surface area (Å²) in [6.45, 7) is 8.55. The minimum Gasteiger partial charge on any atom is -0.372 e. The van der Waals surface area contributed by atoms with E-state index in [1.54, 1.807) is 0 Å². The van der Waals surface area contributed by atoms with E-state index in [1.165, 1.54) is 0 Å². The van der Waals surface area contributed by atoms with E-state index in [4.69, 9.17) is 4.74 Å². The Morgan fingerprint density at radius 2 is 2.29 bits per heavy atom. The van der Waals surface area contributed by atoms with Crippen molar-refractivity contribution in [3.05, 3.63) is 0 Å². The van der Waals surface area contributed by atoms with Gasteiger partial charge in [0.25, 0.3) is 0 Å². The molecule has 1 saturated heterocycles. The van der Waals surface area contributed by atoms with Crippen LogP contribution in [-0.2, 0) is 9.53 Å². The van der Waals surface area contributed by atoms with Crippen LogP contribution in [0.25, 0.3) is 0 Å². The molecule has 0 saturated carbocycles. The molecule has 0 aromatic heterocycles. The lowest BCUT2D eigenvalue weighted by molar-refractivity contribution is -0.139. The molecule has 0 radical (unpaired) electrons. The van der Waals surface area contributed by atoms with Crippen LogP contribution in [-0.4, -0.2) is 49.2 Å². The van der Waals surface area contributed by atoms with Gasteiger partial charge in [-0.1, -0.05) is 0 Å². The van der Waals surface area contributed by atoms with Crippen LogP contribution in [0, 0.1) is 0 Å². The zero-order chi connectivity index (χ0) is 10.6. The number of amides is 1. The Hall–Kier alpha value is -0.610. The van der Waals surface area contributed by atoms with Crippen molar-refractivity contribution in [2.75, 3.05) is 26.3 Å². The van der Waals surface area contributed by atoms with Crippen molar-refractivity contribution in [2.24, 2.45) is 0 Å². The zero-order valence-electron chi connectivity index (χ0n) is 9.25. The summed E-state index contributed by atoms with van der Waals surface area (Å²) in [6.07, 6.45) is 0. The number of hydrogen-bond donors (Lipinski definition) is 1. The molecule has 1 rings (SSSR count). The van der Waals surface area contributed by atoms with Crippen molar-refractivity contribution in [3.63, 3.8) is 0 Å². The second kappa shape index (κ2) is 5.32. The lowest BCUT2D eigenvalue weighted by atomic mass is 10.1. The van der Waals surface area contributed by atoms with Crippen LogP contribution >= 0.6 is 0 Å². The largest absolute Gasteiger partial charge is 0.372 e. The van der Waals surface area contributed by atoms with Gasteiger partial charge in [-0.25, -0.2) is 0 Å². The molecule has 4 nitrogen and oxygen atoms in total. The average molecular weight is 200 g/mol. The number of rotatable bonds is 3. The maximum atomic E-state index is 11.7. The molecule has 2 unspecified atom stereocenters. The summed E-state index contributed by atoms with van der Waals surface area (Å²) in [4.78, 5) is 13.6. The lowest BCUT2D eigenvalue weighted by Gasteiger charge is -2.38. The van der Waals surface area contributed by atoms with Crippen LogP contribution < -0.4 is 5.32 Å². The Morgan fingerprint density at radius 3 is 2.93 bits per heavy atom. The molecule has 1 N–H and O–H groups in total. The highest BCUT2D eigenvalue weighted by Crippen LogP contribution is 2.08. The van der Waals surface area contributed by atoms with E-state index in [0.29, 0.717) is 12.6 Å². The van der Waals surface area contributed by atoms with E-state index in [0.717, 1.165) is 13.1 Å². The van der Waals surface area contributed by atoms with Crippen LogP contribution in [0.3, 0.4) is 0 Å². The normalized spacial score (nSPS) is 27.8. The Kier molecular flexibility index (Phi) is 4.35. The molecule has 1 aliphatic rings. The fraction of sp³-hybridized carbons (Fsp3) is 0.900. The van der Waals surface area contributed by atoms with Crippen molar-refractivity contribution in [2.45, 2.75) is 32.9 Å². The first-order valence-corrected chi connectivity index (χ1v) is 5.27. The van der Waals surface area contributed by atoms with Crippen LogP contribution in [0.4, 0.5) is 0 Å². The summed E-state index contributed by atoms with van der Waals surface area (Å²) in [6, 6.07) is 0.631. The van der Waals surface area contributed by atoms with Gasteiger partial charge >= 0.3 is 0 Å². The van der Waals surface area contributed by atoms with E-state index in [9.17, 15) is 4.79 Å². The molecule has 82 valence electrons. The number of piperazine rings is 1. The third-order valence-corrected chi connectivity index (χ3v) is 2.78. The third-order valence-electron chi connectivity index (χ3n) is 2.78. The van der Waals surface area contributed by atoms with Crippen molar-refractivity contribution in [1.29, 1.82) is 0 Å². The summed E-state index contributed by atoms with van der Waals surface area (Å²) in [5, 5.41) is 3.34. The Morgan fingerprint density at radius 1 is 1.57 bits per heavy atom. The zero-order valence-corrected chi connectivity index (χ0v) is 9.25. The smallest absolute Gasteiger partial charge is 0.248 e. The second-order valence-corrected chi connectivity index (χ2v) is 3.71. The third kappa shape index (κ3) is 2.69. The summed E-state index contributed by atoms with van der Waals surface area (Å²) >= 11 is 0. The molecule has 1 aliphatic heterocycles. The molecule has 0 spiro atoms. The van der Waals surface area contributed by atoms with E-state index in [1.807, 2.05) is 11.8 Å². The number of ether oxygens (including phenoxy) is 1. The van der Waals surface area contributed by atoms with Crippen molar-refractivity contribution < 1.29 is 9.53 Å². The highest BCUT2D eigenvalue weighted by atomic mass is 16.5. The van der Waals surface area contributed by atoms with Crippen molar-refractivity contribution in [3.8, 4) is 0 Å². The summed E-state index contributed by atoms with van der Waals surface area (Å²) in [5.41, 5.74) is 0. The monoisotopic (exact) mass is 200 g/mol. The molecule has 1 heterocycles. The van der Waals surface area contributed by atoms with Crippen molar-refractivity contribution in [1.82, 2.24) is 10.2 Å². The van der Waals surface area contributed by atoms with Gasteiger partial charge in [0.2, 0.25) is 5.91 Å². The molecule has 0 aliphatic carbocycles. The van der Waals surface area contributed by atoms with Gasteiger partial charge in [-0.2, -0.15) is 0 Å². The Bertz CT molecular complexity index is 197. The minimum absolute atomic E-state index is 0.104. The first-order chi connectivity index (χ1) is 6.66. The number of carbonyl (C=O) groups is 1. The first-order valence-electron chi connectivity index (χ1n) is 5.27. The summed E-state index contributed by atoms with van der Waals surface area (Å²) in [7, 11) is 0. The molecule has 2 atom stereocenters. The molecule has 0 bridgehead atoms. The van der Waals surface area contributed by atoms with Gasteiger partial charge in [0.1, 0.15) is 6.61 Å². The molecule has 14 heavy (non-hydrogen) atoms. The number of hydrogen-bond acceptors (Lipinski definition) is 3. The lowest BCUT2D eigenvalue weighted by Crippen LogP contribution is -2.57. The van der Waals surface area contributed by atoms with Crippen LogP contribution in [0.2, 0.25) is 0 Å². The Labute approximate surface area is 85.6 Å². The van der Waals surface area contributed by atoms with E-state index in [2.05, 4.69) is 19.2 Å². The van der Waals surface area contributed by atoms with Gasteiger partial charge in [0.15, 0.2) is 0 Å².